The van der Waals surface area contributed by atoms with Gasteiger partial charge in [0.15, 0.2) is 16.7 Å². The fraction of sp³-hybridized carbons (Fsp3) is 0.0968. The van der Waals surface area contributed by atoms with Crippen molar-refractivity contribution in [1.82, 2.24) is 0 Å². The van der Waals surface area contributed by atoms with Crippen LogP contribution in [0.5, 0.6) is 11.5 Å². The zero-order valence-electron chi connectivity index (χ0n) is 21.5. The number of anilines is 1. The highest BCUT2D eigenvalue weighted by Gasteiger charge is 2.35. The van der Waals surface area contributed by atoms with E-state index in [-0.39, 0.29) is 5.91 Å². The lowest BCUT2D eigenvalue weighted by atomic mass is 10.1. The van der Waals surface area contributed by atoms with Gasteiger partial charge in [-0.1, -0.05) is 53.0 Å². The number of halogens is 3. The van der Waals surface area contributed by atoms with E-state index in [1.54, 1.807) is 48.4 Å². The first kappa shape index (κ1) is 28.5. The van der Waals surface area contributed by atoms with Crippen LogP contribution in [-0.2, 0) is 11.4 Å². The number of aryl methyl sites for hydroxylation is 1. The lowest BCUT2D eigenvalue weighted by Crippen LogP contribution is -2.28. The number of amidine groups is 1. The third kappa shape index (κ3) is 6.66. The SMILES string of the molecule is COc1cc(/C=C2\SC(=Nc3ccc(Cl)cc3)N(c3ccc(Cl)cc3)C2=O)cc(I)c1OCc1ccc(C)cc1. The Kier molecular flexibility index (Phi) is 9.05. The molecular formula is C31H23Cl2IN2O3S. The molecule has 1 aliphatic heterocycles. The molecule has 1 heterocycles. The monoisotopic (exact) mass is 700 g/mol. The van der Waals surface area contributed by atoms with Gasteiger partial charge in [-0.15, -0.1) is 0 Å². The number of carbonyl (C=O) groups is 1. The van der Waals surface area contributed by atoms with Gasteiger partial charge in [-0.3, -0.25) is 9.69 Å². The maximum Gasteiger partial charge on any atom is 0.271 e. The van der Waals surface area contributed by atoms with Gasteiger partial charge < -0.3 is 9.47 Å². The van der Waals surface area contributed by atoms with Crippen LogP contribution in [-0.4, -0.2) is 18.2 Å². The molecule has 1 fully saturated rings. The molecule has 0 bridgehead atoms. The smallest absolute Gasteiger partial charge is 0.271 e. The summed E-state index contributed by atoms with van der Waals surface area (Å²) in [6.07, 6.45) is 1.84. The Bertz CT molecular complexity index is 1610. The summed E-state index contributed by atoms with van der Waals surface area (Å²) in [5, 5.41) is 1.73. The summed E-state index contributed by atoms with van der Waals surface area (Å²) in [6, 6.07) is 26.3. The van der Waals surface area contributed by atoms with Gasteiger partial charge in [0.1, 0.15) is 6.61 Å². The number of nitrogens with zero attached hydrogens (tertiary/aromatic N) is 2. The minimum Gasteiger partial charge on any atom is -0.493 e. The topological polar surface area (TPSA) is 51.1 Å². The maximum absolute atomic E-state index is 13.7. The molecule has 0 radical (unpaired) electrons. The number of thioether (sulfide) groups is 1. The van der Waals surface area contributed by atoms with Crippen molar-refractivity contribution < 1.29 is 14.3 Å². The second kappa shape index (κ2) is 12.7. The van der Waals surface area contributed by atoms with Crippen molar-refractivity contribution in [2.45, 2.75) is 13.5 Å². The molecule has 0 N–H and O–H groups in total. The Morgan fingerprint density at radius 1 is 0.950 bits per heavy atom. The number of aliphatic imine (C=N–C) groups is 1. The van der Waals surface area contributed by atoms with E-state index >= 15 is 0 Å². The van der Waals surface area contributed by atoms with Crippen molar-refractivity contribution in [3.8, 4) is 11.5 Å². The molecule has 5 rings (SSSR count). The van der Waals surface area contributed by atoms with Crippen LogP contribution in [0.2, 0.25) is 10.0 Å². The highest BCUT2D eigenvalue weighted by molar-refractivity contribution is 14.1. The van der Waals surface area contributed by atoms with Gasteiger partial charge >= 0.3 is 0 Å². The van der Waals surface area contributed by atoms with Gasteiger partial charge in [0.2, 0.25) is 0 Å². The molecule has 1 aliphatic rings. The third-order valence-electron chi connectivity index (χ3n) is 6.00. The Hall–Kier alpha value is -2.98. The third-order valence-corrected chi connectivity index (χ3v) is 8.27. The molecule has 0 saturated carbocycles. The minimum absolute atomic E-state index is 0.186. The fourth-order valence-corrected chi connectivity index (χ4v) is 5.98. The molecule has 0 aromatic heterocycles. The van der Waals surface area contributed by atoms with Gasteiger partial charge in [0.05, 0.1) is 27.0 Å². The molecule has 1 amide bonds. The molecule has 5 nitrogen and oxygen atoms in total. The number of methoxy groups -OCH3 is 1. The Morgan fingerprint density at radius 2 is 1.60 bits per heavy atom. The molecule has 202 valence electrons. The standard InChI is InChI=1S/C31H23Cl2IN2O3S/c1-19-3-5-20(6-4-19)18-39-29-26(34)15-21(16-27(29)38-2)17-28-30(37)36(25-13-9-23(33)10-14-25)31(40-28)35-24-11-7-22(32)8-12-24/h3-17H,18H2,1-2H3/b28-17-,35-31?. The first-order valence-corrected chi connectivity index (χ1v) is 14.9. The Morgan fingerprint density at radius 3 is 2.25 bits per heavy atom. The van der Waals surface area contributed by atoms with Crippen LogP contribution < -0.4 is 14.4 Å². The van der Waals surface area contributed by atoms with Crippen LogP contribution >= 0.6 is 57.6 Å². The largest absolute Gasteiger partial charge is 0.493 e. The summed E-state index contributed by atoms with van der Waals surface area (Å²) in [7, 11) is 1.61. The van der Waals surface area contributed by atoms with E-state index in [1.807, 2.05) is 42.5 Å². The molecular weight excluding hydrogens is 678 g/mol. The van der Waals surface area contributed by atoms with Crippen LogP contribution in [0.3, 0.4) is 0 Å². The molecule has 4 aromatic rings. The molecule has 9 heteroatoms. The maximum atomic E-state index is 13.7. The summed E-state index contributed by atoms with van der Waals surface area (Å²) in [6.45, 7) is 2.47. The second-order valence-electron chi connectivity index (χ2n) is 8.91. The minimum atomic E-state index is -0.186. The predicted molar refractivity (Wildman–Crippen MR) is 174 cm³/mol. The summed E-state index contributed by atoms with van der Waals surface area (Å²) < 4.78 is 12.7. The highest BCUT2D eigenvalue weighted by atomic mass is 127. The van der Waals surface area contributed by atoms with E-state index < -0.39 is 0 Å². The van der Waals surface area contributed by atoms with E-state index in [1.165, 1.54) is 17.3 Å². The normalized spacial score (nSPS) is 15.2. The van der Waals surface area contributed by atoms with E-state index in [9.17, 15) is 4.79 Å². The van der Waals surface area contributed by atoms with Crippen molar-refractivity contribution in [1.29, 1.82) is 0 Å². The van der Waals surface area contributed by atoms with E-state index in [0.717, 1.165) is 14.7 Å². The zero-order valence-corrected chi connectivity index (χ0v) is 26.0. The molecule has 0 spiro atoms. The highest BCUT2D eigenvalue weighted by Crippen LogP contribution is 2.40. The summed E-state index contributed by atoms with van der Waals surface area (Å²) in [5.41, 5.74) is 4.43. The number of benzene rings is 4. The first-order valence-electron chi connectivity index (χ1n) is 12.2. The quantitative estimate of drug-likeness (QED) is 0.142. The fourth-order valence-electron chi connectivity index (χ4n) is 3.95. The van der Waals surface area contributed by atoms with Gasteiger partial charge in [0, 0.05) is 10.0 Å². The van der Waals surface area contributed by atoms with Crippen LogP contribution in [0.25, 0.3) is 6.08 Å². The van der Waals surface area contributed by atoms with Crippen molar-refractivity contribution in [2.75, 3.05) is 12.0 Å². The van der Waals surface area contributed by atoms with Gasteiger partial charge in [-0.2, -0.15) is 0 Å². The van der Waals surface area contributed by atoms with E-state index in [0.29, 0.717) is 49.6 Å². The molecule has 0 atom stereocenters. The number of carbonyl (C=O) groups excluding carboxylic acids is 1. The van der Waals surface area contributed by atoms with E-state index in [4.69, 9.17) is 37.7 Å². The van der Waals surface area contributed by atoms with Crippen molar-refractivity contribution >= 4 is 86.1 Å². The molecule has 0 aliphatic carbocycles. The van der Waals surface area contributed by atoms with Crippen molar-refractivity contribution in [3.05, 3.63) is 120 Å². The molecule has 4 aromatic carbocycles. The Balaban J connectivity index is 1.46. The average Bonchev–Trinajstić information content (AvgIpc) is 3.24. The van der Waals surface area contributed by atoms with Crippen LogP contribution in [0.4, 0.5) is 11.4 Å². The zero-order chi connectivity index (χ0) is 28.2. The average molecular weight is 701 g/mol. The van der Waals surface area contributed by atoms with Crippen LogP contribution in [0, 0.1) is 10.5 Å². The first-order chi connectivity index (χ1) is 19.3. The Labute approximate surface area is 260 Å². The predicted octanol–water partition coefficient (Wildman–Crippen LogP) is 9.30. The van der Waals surface area contributed by atoms with Crippen molar-refractivity contribution in [2.24, 2.45) is 4.99 Å². The summed E-state index contributed by atoms with van der Waals surface area (Å²) in [5.74, 6) is 1.06. The summed E-state index contributed by atoms with van der Waals surface area (Å²) in [4.78, 5) is 20.5. The number of amides is 1. The molecule has 40 heavy (non-hydrogen) atoms. The van der Waals surface area contributed by atoms with Gasteiger partial charge in [-0.05, 0) is 119 Å². The van der Waals surface area contributed by atoms with Crippen LogP contribution in [0.15, 0.2) is 94.8 Å². The second-order valence-corrected chi connectivity index (χ2v) is 12.0. The van der Waals surface area contributed by atoms with Crippen molar-refractivity contribution in [3.63, 3.8) is 0 Å². The van der Waals surface area contributed by atoms with Gasteiger partial charge in [0.25, 0.3) is 5.91 Å². The number of rotatable bonds is 7. The number of hydrogen-bond acceptors (Lipinski definition) is 5. The van der Waals surface area contributed by atoms with Crippen LogP contribution in [0.1, 0.15) is 16.7 Å². The van der Waals surface area contributed by atoms with Gasteiger partial charge in [-0.25, -0.2) is 4.99 Å². The van der Waals surface area contributed by atoms with E-state index in [2.05, 4.69) is 41.6 Å². The summed E-state index contributed by atoms with van der Waals surface area (Å²) >= 11 is 15.7. The lowest BCUT2D eigenvalue weighted by molar-refractivity contribution is -0.113. The number of hydrogen-bond donors (Lipinski definition) is 0. The molecule has 0 unspecified atom stereocenters. The lowest BCUT2D eigenvalue weighted by Gasteiger charge is -2.16. The number of ether oxygens (including phenoxy) is 2. The molecule has 1 saturated heterocycles.